The van der Waals surface area contributed by atoms with E-state index < -0.39 is 0 Å². The van der Waals surface area contributed by atoms with Crippen molar-refractivity contribution in [1.29, 1.82) is 0 Å². The van der Waals surface area contributed by atoms with Crippen LogP contribution in [0.5, 0.6) is 11.5 Å². The number of hydrogen-bond donors (Lipinski definition) is 0. The zero-order chi connectivity index (χ0) is 15.8. The molecule has 2 aromatic carbocycles. The number of hydrogen-bond acceptors (Lipinski definition) is 3. The molecular weight excluding hydrogens is 311 g/mol. The Balaban J connectivity index is 1.72. The van der Waals surface area contributed by atoms with E-state index in [2.05, 4.69) is 6.92 Å². The highest BCUT2D eigenvalue weighted by atomic mass is 32.1. The predicted molar refractivity (Wildman–Crippen MR) is 93.3 cm³/mol. The van der Waals surface area contributed by atoms with Crippen LogP contribution < -0.4 is 9.47 Å². The molecule has 1 heterocycles. The average Bonchev–Trinajstić information content (AvgIpc) is 3.32. The Morgan fingerprint density at radius 3 is 2.74 bits per heavy atom. The number of halogens is 1. The Morgan fingerprint density at radius 1 is 1.13 bits per heavy atom. The standard InChI is InChI=1S/C19H19FO2S/c1-2-9-21-13-5-6-14-15-7-8-16(22-11-12-3-4-12)18(20)19(15)23-17(14)10-13/h5-8,10,12H,2-4,9,11H2,1H3. The monoisotopic (exact) mass is 330 g/mol. The first-order valence-corrected chi connectivity index (χ1v) is 8.98. The highest BCUT2D eigenvalue weighted by Gasteiger charge is 2.23. The molecule has 3 aromatic rings. The Hall–Kier alpha value is -1.81. The molecule has 0 N–H and O–H groups in total. The summed E-state index contributed by atoms with van der Waals surface area (Å²) in [7, 11) is 0. The summed E-state index contributed by atoms with van der Waals surface area (Å²) in [5.74, 6) is 1.60. The molecule has 0 bridgehead atoms. The van der Waals surface area contributed by atoms with Gasteiger partial charge in [-0.25, -0.2) is 4.39 Å². The van der Waals surface area contributed by atoms with Gasteiger partial charge in [0.25, 0.3) is 0 Å². The molecule has 1 fully saturated rings. The van der Waals surface area contributed by atoms with E-state index in [1.807, 2.05) is 24.3 Å². The van der Waals surface area contributed by atoms with Crippen molar-refractivity contribution in [3.63, 3.8) is 0 Å². The van der Waals surface area contributed by atoms with Crippen molar-refractivity contribution < 1.29 is 13.9 Å². The molecule has 0 aliphatic heterocycles. The molecule has 0 saturated heterocycles. The molecule has 0 atom stereocenters. The van der Waals surface area contributed by atoms with Crippen LogP contribution in [-0.4, -0.2) is 13.2 Å². The van der Waals surface area contributed by atoms with Gasteiger partial charge in [0.05, 0.1) is 17.9 Å². The van der Waals surface area contributed by atoms with Gasteiger partial charge in [0.15, 0.2) is 11.6 Å². The first-order chi connectivity index (χ1) is 11.3. The normalized spacial score (nSPS) is 14.5. The van der Waals surface area contributed by atoms with Crippen LogP contribution >= 0.6 is 11.3 Å². The van der Waals surface area contributed by atoms with Crippen LogP contribution in [0.15, 0.2) is 30.3 Å². The SMILES string of the molecule is CCCOc1ccc2c(c1)sc1c(F)c(OCC3CC3)ccc12. The Morgan fingerprint density at radius 2 is 1.96 bits per heavy atom. The van der Waals surface area contributed by atoms with E-state index in [-0.39, 0.29) is 5.82 Å². The lowest BCUT2D eigenvalue weighted by atomic mass is 10.1. The maximum Gasteiger partial charge on any atom is 0.182 e. The molecule has 2 nitrogen and oxygen atoms in total. The quantitative estimate of drug-likeness (QED) is 0.571. The molecular formula is C19H19FO2S. The highest BCUT2D eigenvalue weighted by Crippen LogP contribution is 2.40. The molecule has 1 aliphatic rings. The van der Waals surface area contributed by atoms with Crippen molar-refractivity contribution in [3.8, 4) is 11.5 Å². The smallest absolute Gasteiger partial charge is 0.182 e. The largest absolute Gasteiger partial charge is 0.494 e. The van der Waals surface area contributed by atoms with Gasteiger partial charge < -0.3 is 9.47 Å². The summed E-state index contributed by atoms with van der Waals surface area (Å²) in [4.78, 5) is 0. The minimum Gasteiger partial charge on any atom is -0.494 e. The molecule has 0 spiro atoms. The van der Waals surface area contributed by atoms with Gasteiger partial charge in [-0.3, -0.25) is 0 Å². The average molecular weight is 330 g/mol. The molecule has 1 aromatic heterocycles. The second-order valence-corrected chi connectivity index (χ2v) is 7.17. The van der Waals surface area contributed by atoms with Gasteiger partial charge in [-0.05, 0) is 55.5 Å². The van der Waals surface area contributed by atoms with Crippen LogP contribution in [0, 0.1) is 11.7 Å². The molecule has 120 valence electrons. The summed E-state index contributed by atoms with van der Waals surface area (Å²) < 4.78 is 27.8. The fraction of sp³-hybridized carbons (Fsp3) is 0.368. The van der Waals surface area contributed by atoms with E-state index >= 15 is 0 Å². The second kappa shape index (κ2) is 6.00. The van der Waals surface area contributed by atoms with Crippen LogP contribution in [-0.2, 0) is 0 Å². The number of fused-ring (bicyclic) bond motifs is 3. The number of benzene rings is 2. The zero-order valence-corrected chi connectivity index (χ0v) is 13.9. The van der Waals surface area contributed by atoms with E-state index in [1.165, 1.54) is 24.2 Å². The van der Waals surface area contributed by atoms with E-state index in [0.717, 1.165) is 27.6 Å². The Bertz CT molecular complexity index is 851. The van der Waals surface area contributed by atoms with Crippen LogP contribution in [0.1, 0.15) is 26.2 Å². The van der Waals surface area contributed by atoms with Gasteiger partial charge in [0.1, 0.15) is 5.75 Å². The van der Waals surface area contributed by atoms with Gasteiger partial charge in [0.2, 0.25) is 0 Å². The summed E-state index contributed by atoms with van der Waals surface area (Å²) in [5.41, 5.74) is 0. The lowest BCUT2D eigenvalue weighted by Gasteiger charge is -2.06. The highest BCUT2D eigenvalue weighted by molar-refractivity contribution is 7.25. The first kappa shape index (κ1) is 14.8. The van der Waals surface area contributed by atoms with Crippen LogP contribution in [0.4, 0.5) is 4.39 Å². The van der Waals surface area contributed by atoms with Crippen LogP contribution in [0.2, 0.25) is 0 Å². The minimum absolute atomic E-state index is 0.236. The van der Waals surface area contributed by atoms with Gasteiger partial charge in [0, 0.05) is 15.5 Å². The summed E-state index contributed by atoms with van der Waals surface area (Å²) in [6.45, 7) is 3.41. The van der Waals surface area contributed by atoms with E-state index in [4.69, 9.17) is 9.47 Å². The summed E-state index contributed by atoms with van der Waals surface area (Å²) in [6, 6.07) is 9.70. The van der Waals surface area contributed by atoms with Crippen molar-refractivity contribution >= 4 is 31.5 Å². The minimum atomic E-state index is -0.236. The maximum absolute atomic E-state index is 14.7. The van der Waals surface area contributed by atoms with Crippen molar-refractivity contribution in [2.24, 2.45) is 5.92 Å². The third-order valence-corrected chi connectivity index (χ3v) is 5.32. The lowest BCUT2D eigenvalue weighted by molar-refractivity contribution is 0.286. The van der Waals surface area contributed by atoms with Gasteiger partial charge in [-0.2, -0.15) is 0 Å². The molecule has 4 rings (SSSR count). The van der Waals surface area contributed by atoms with E-state index in [0.29, 0.717) is 29.6 Å². The van der Waals surface area contributed by atoms with Gasteiger partial charge in [-0.15, -0.1) is 11.3 Å². The van der Waals surface area contributed by atoms with Gasteiger partial charge >= 0.3 is 0 Å². The summed E-state index contributed by atoms with van der Waals surface area (Å²) >= 11 is 1.46. The van der Waals surface area contributed by atoms with Crippen LogP contribution in [0.25, 0.3) is 20.2 Å². The Kier molecular flexibility index (Phi) is 3.85. The Labute approximate surface area is 138 Å². The van der Waals surface area contributed by atoms with Crippen molar-refractivity contribution in [2.45, 2.75) is 26.2 Å². The van der Waals surface area contributed by atoms with Crippen LogP contribution in [0.3, 0.4) is 0 Å². The molecule has 0 amide bonds. The molecule has 1 saturated carbocycles. The molecule has 4 heteroatoms. The molecule has 1 aliphatic carbocycles. The molecule has 23 heavy (non-hydrogen) atoms. The fourth-order valence-electron chi connectivity index (χ4n) is 2.68. The van der Waals surface area contributed by atoms with E-state index in [9.17, 15) is 4.39 Å². The molecule has 0 radical (unpaired) electrons. The lowest BCUT2D eigenvalue weighted by Crippen LogP contribution is -2.00. The zero-order valence-electron chi connectivity index (χ0n) is 13.1. The first-order valence-electron chi connectivity index (χ1n) is 8.16. The van der Waals surface area contributed by atoms with Gasteiger partial charge in [-0.1, -0.05) is 6.92 Å². The maximum atomic E-state index is 14.7. The summed E-state index contributed by atoms with van der Waals surface area (Å²) in [5, 5.41) is 2.02. The second-order valence-electron chi connectivity index (χ2n) is 6.12. The summed E-state index contributed by atoms with van der Waals surface area (Å²) in [6.07, 6.45) is 3.38. The number of rotatable bonds is 6. The fourth-order valence-corrected chi connectivity index (χ4v) is 3.84. The number of ether oxygens (including phenoxy) is 2. The third kappa shape index (κ3) is 2.88. The third-order valence-electron chi connectivity index (χ3n) is 4.16. The van der Waals surface area contributed by atoms with Crippen molar-refractivity contribution in [2.75, 3.05) is 13.2 Å². The predicted octanol–water partition coefficient (Wildman–Crippen LogP) is 5.77. The number of thiophene rings is 1. The topological polar surface area (TPSA) is 18.5 Å². The van der Waals surface area contributed by atoms with Crippen molar-refractivity contribution in [1.82, 2.24) is 0 Å². The van der Waals surface area contributed by atoms with E-state index in [1.54, 1.807) is 6.07 Å². The van der Waals surface area contributed by atoms with Crippen molar-refractivity contribution in [3.05, 3.63) is 36.1 Å². The molecule has 0 unspecified atom stereocenters.